The number of ketones is 1. The van der Waals surface area contributed by atoms with E-state index in [4.69, 9.17) is 0 Å². The summed E-state index contributed by atoms with van der Waals surface area (Å²) in [4.78, 5) is 11.6. The van der Waals surface area contributed by atoms with Gasteiger partial charge in [0.2, 0.25) is 0 Å². The quantitative estimate of drug-likeness (QED) is 0.404. The molecule has 2 rings (SSSR count). The van der Waals surface area contributed by atoms with Crippen LogP contribution in [0.3, 0.4) is 0 Å². The average Bonchev–Trinajstić information content (AvgIpc) is 2.38. The standard InChI is InChI=1S/C13H10O4S.Na/c14-13(10-6-2-1-3-7-10)11-8-4-5-9-12(11)18(15,16)17;/h1-9H,(H,15,16,17);/q;+1/p-1. The van der Waals surface area contributed by atoms with Crippen LogP contribution in [0.25, 0.3) is 0 Å². The zero-order valence-electron chi connectivity index (χ0n) is 10.2. The summed E-state index contributed by atoms with van der Waals surface area (Å²) < 4.78 is 33.2. The van der Waals surface area contributed by atoms with Gasteiger partial charge in [-0.15, -0.1) is 0 Å². The van der Waals surface area contributed by atoms with E-state index in [1.165, 1.54) is 18.2 Å². The van der Waals surface area contributed by atoms with E-state index in [0.29, 0.717) is 5.56 Å². The molecule has 0 fully saturated rings. The molecule has 19 heavy (non-hydrogen) atoms. The number of carbonyl (C=O) groups is 1. The van der Waals surface area contributed by atoms with E-state index in [1.54, 1.807) is 30.3 Å². The molecular weight excluding hydrogens is 275 g/mol. The van der Waals surface area contributed by atoms with Crippen molar-refractivity contribution in [1.29, 1.82) is 0 Å². The summed E-state index contributed by atoms with van der Waals surface area (Å²) in [5, 5.41) is 0. The molecule has 0 unspecified atom stereocenters. The van der Waals surface area contributed by atoms with Crippen LogP contribution < -0.4 is 29.6 Å². The molecule has 0 aliphatic rings. The van der Waals surface area contributed by atoms with Gasteiger partial charge in [-0.1, -0.05) is 42.5 Å². The normalized spacial score (nSPS) is 10.6. The van der Waals surface area contributed by atoms with Gasteiger partial charge in [-0.3, -0.25) is 4.79 Å². The van der Waals surface area contributed by atoms with Crippen molar-refractivity contribution in [1.82, 2.24) is 0 Å². The van der Waals surface area contributed by atoms with Gasteiger partial charge < -0.3 is 4.55 Å². The van der Waals surface area contributed by atoms with Crippen molar-refractivity contribution in [2.45, 2.75) is 4.90 Å². The second-order valence-corrected chi connectivity index (χ2v) is 4.99. The van der Waals surface area contributed by atoms with Gasteiger partial charge in [0.05, 0.1) is 4.90 Å². The summed E-state index contributed by atoms with van der Waals surface area (Å²) in [6.45, 7) is 0. The van der Waals surface area contributed by atoms with Crippen LogP contribution in [0, 0.1) is 0 Å². The van der Waals surface area contributed by atoms with Gasteiger partial charge >= 0.3 is 29.6 Å². The summed E-state index contributed by atoms with van der Waals surface area (Å²) in [7, 11) is -4.66. The molecule has 2 aromatic carbocycles. The van der Waals surface area contributed by atoms with Crippen molar-refractivity contribution in [3.8, 4) is 0 Å². The Hall–Kier alpha value is -0.980. The Kier molecular flexibility index (Phi) is 5.46. The molecule has 0 aliphatic carbocycles. The number of hydrogen-bond donors (Lipinski definition) is 0. The molecule has 0 bridgehead atoms. The van der Waals surface area contributed by atoms with Crippen LogP contribution in [0.2, 0.25) is 0 Å². The van der Waals surface area contributed by atoms with Crippen molar-refractivity contribution < 1.29 is 47.3 Å². The van der Waals surface area contributed by atoms with Gasteiger partial charge in [-0.2, -0.15) is 0 Å². The van der Waals surface area contributed by atoms with Crippen LogP contribution in [0.1, 0.15) is 15.9 Å². The van der Waals surface area contributed by atoms with E-state index in [1.807, 2.05) is 0 Å². The predicted molar refractivity (Wildman–Crippen MR) is 64.3 cm³/mol. The number of carbonyl (C=O) groups excluding carboxylic acids is 1. The molecule has 6 heteroatoms. The molecule has 0 heterocycles. The third kappa shape index (κ3) is 3.75. The fourth-order valence-electron chi connectivity index (χ4n) is 1.62. The Morgan fingerprint density at radius 3 is 2.00 bits per heavy atom. The fraction of sp³-hybridized carbons (Fsp3) is 0. The Bertz CT molecular complexity index is 681. The molecule has 0 aliphatic heterocycles. The van der Waals surface area contributed by atoms with Crippen LogP contribution in [-0.4, -0.2) is 18.8 Å². The minimum absolute atomic E-state index is 0. The molecule has 0 amide bonds. The molecule has 92 valence electrons. The van der Waals surface area contributed by atoms with Crippen molar-refractivity contribution in [3.05, 3.63) is 65.7 Å². The van der Waals surface area contributed by atoms with Gasteiger partial charge in [0, 0.05) is 11.1 Å². The van der Waals surface area contributed by atoms with E-state index in [9.17, 15) is 17.8 Å². The molecule has 0 radical (unpaired) electrons. The molecule has 4 nitrogen and oxygen atoms in total. The van der Waals surface area contributed by atoms with Crippen LogP contribution in [0.5, 0.6) is 0 Å². The Labute approximate surface area is 133 Å². The second kappa shape index (κ2) is 6.45. The first kappa shape index (κ1) is 16.1. The maximum atomic E-state index is 12.1. The summed E-state index contributed by atoms with van der Waals surface area (Å²) in [5.41, 5.74) is 0.243. The minimum Gasteiger partial charge on any atom is -0.744 e. The molecule has 0 saturated carbocycles. The summed E-state index contributed by atoms with van der Waals surface area (Å²) in [5.74, 6) is -0.481. The monoisotopic (exact) mass is 284 g/mol. The smallest absolute Gasteiger partial charge is 0.744 e. The number of rotatable bonds is 3. The first-order valence-electron chi connectivity index (χ1n) is 5.15. The Balaban J connectivity index is 0.00000180. The van der Waals surface area contributed by atoms with Crippen LogP contribution in [-0.2, 0) is 10.1 Å². The van der Waals surface area contributed by atoms with Crippen LogP contribution in [0.15, 0.2) is 59.5 Å². The van der Waals surface area contributed by atoms with Crippen molar-refractivity contribution in [2.75, 3.05) is 0 Å². The first-order chi connectivity index (χ1) is 8.50. The van der Waals surface area contributed by atoms with Gasteiger partial charge in [0.1, 0.15) is 10.1 Å². The van der Waals surface area contributed by atoms with E-state index in [-0.39, 0.29) is 35.1 Å². The predicted octanol–water partition coefficient (Wildman–Crippen LogP) is -1.17. The maximum absolute atomic E-state index is 12.1. The molecular formula is C13H9NaO4S. The van der Waals surface area contributed by atoms with Crippen LogP contribution >= 0.6 is 0 Å². The topological polar surface area (TPSA) is 74.3 Å². The number of hydrogen-bond acceptors (Lipinski definition) is 4. The zero-order chi connectivity index (χ0) is 13.2. The molecule has 0 saturated heterocycles. The summed E-state index contributed by atoms with van der Waals surface area (Å²) in [6, 6.07) is 13.6. The van der Waals surface area contributed by atoms with Gasteiger partial charge in [-0.05, 0) is 12.1 Å². The molecule has 0 spiro atoms. The summed E-state index contributed by atoms with van der Waals surface area (Å²) >= 11 is 0. The molecule has 2 aromatic rings. The van der Waals surface area contributed by atoms with Crippen molar-refractivity contribution >= 4 is 15.9 Å². The van der Waals surface area contributed by atoms with Crippen LogP contribution in [0.4, 0.5) is 0 Å². The van der Waals surface area contributed by atoms with E-state index in [2.05, 4.69) is 0 Å². The largest absolute Gasteiger partial charge is 1.00 e. The van der Waals surface area contributed by atoms with E-state index >= 15 is 0 Å². The zero-order valence-corrected chi connectivity index (χ0v) is 13.1. The fourth-order valence-corrected chi connectivity index (χ4v) is 2.29. The van der Waals surface area contributed by atoms with E-state index in [0.717, 1.165) is 6.07 Å². The van der Waals surface area contributed by atoms with Gasteiger partial charge in [0.25, 0.3) is 0 Å². The third-order valence-electron chi connectivity index (χ3n) is 2.44. The van der Waals surface area contributed by atoms with E-state index < -0.39 is 20.8 Å². The third-order valence-corrected chi connectivity index (χ3v) is 3.33. The SMILES string of the molecule is O=C(c1ccccc1)c1ccccc1S(=O)(=O)[O-].[Na+]. The average molecular weight is 284 g/mol. The number of benzene rings is 2. The maximum Gasteiger partial charge on any atom is 1.00 e. The van der Waals surface area contributed by atoms with Crippen molar-refractivity contribution in [2.24, 2.45) is 0 Å². The summed E-state index contributed by atoms with van der Waals surface area (Å²) in [6.07, 6.45) is 0. The Morgan fingerprint density at radius 1 is 0.895 bits per heavy atom. The van der Waals surface area contributed by atoms with Gasteiger partial charge in [0.15, 0.2) is 5.78 Å². The first-order valence-corrected chi connectivity index (χ1v) is 6.55. The van der Waals surface area contributed by atoms with Crippen molar-refractivity contribution in [3.63, 3.8) is 0 Å². The minimum atomic E-state index is -4.66. The molecule has 0 N–H and O–H groups in total. The second-order valence-electron chi connectivity index (χ2n) is 3.65. The van der Waals surface area contributed by atoms with Gasteiger partial charge in [-0.25, -0.2) is 8.42 Å². The molecule has 0 atom stereocenters. The Morgan fingerprint density at radius 2 is 1.42 bits per heavy atom. The molecule has 0 aromatic heterocycles.